The van der Waals surface area contributed by atoms with Crippen LogP contribution in [0, 0.1) is 6.92 Å². The Morgan fingerprint density at radius 3 is 2.59 bits per heavy atom. The molecule has 144 valence electrons. The summed E-state index contributed by atoms with van der Waals surface area (Å²) >= 11 is 0. The van der Waals surface area contributed by atoms with Gasteiger partial charge >= 0.3 is 0 Å². The summed E-state index contributed by atoms with van der Waals surface area (Å²) in [5.74, 6) is 0.0477. The number of likely N-dealkylation sites (N-methyl/N-ethyl adjacent to an activating group) is 1. The lowest BCUT2D eigenvalue weighted by atomic mass is 10.0. The van der Waals surface area contributed by atoms with E-state index in [2.05, 4.69) is 20.3 Å². The number of nitrogens with zero attached hydrogens (tertiary/aromatic N) is 5. The van der Waals surface area contributed by atoms with Gasteiger partial charge in [0.25, 0.3) is 5.91 Å². The summed E-state index contributed by atoms with van der Waals surface area (Å²) < 4.78 is 1.68. The SMILES string of the molecule is Cc1cc(C(=O)NC2CCN(CC(=O)N(C)C)CC2)ccc1-n1cncn1. The predicted octanol–water partition coefficient (Wildman–Crippen LogP) is 0.858. The fraction of sp³-hybridized carbons (Fsp3) is 0.474. The standard InChI is InChI=1S/C19H26N6O2/c1-14-10-15(4-5-17(14)25-13-20-12-21-25)19(27)22-16-6-8-24(9-7-16)11-18(26)23(2)3/h4-5,10,12-13,16H,6-9,11H2,1-3H3,(H,22,27). The van der Waals surface area contributed by atoms with Gasteiger partial charge in [0.2, 0.25) is 5.91 Å². The van der Waals surface area contributed by atoms with Gasteiger partial charge in [0.15, 0.2) is 0 Å². The molecule has 0 radical (unpaired) electrons. The summed E-state index contributed by atoms with van der Waals surface area (Å²) in [5.41, 5.74) is 2.51. The molecule has 1 N–H and O–H groups in total. The van der Waals surface area contributed by atoms with Crippen molar-refractivity contribution < 1.29 is 9.59 Å². The number of carbonyl (C=O) groups is 2. The van der Waals surface area contributed by atoms with Gasteiger partial charge in [-0.3, -0.25) is 14.5 Å². The van der Waals surface area contributed by atoms with Crippen LogP contribution in [0.1, 0.15) is 28.8 Å². The molecule has 8 heteroatoms. The number of hydrogen-bond donors (Lipinski definition) is 1. The quantitative estimate of drug-likeness (QED) is 0.844. The first-order valence-corrected chi connectivity index (χ1v) is 9.13. The van der Waals surface area contributed by atoms with E-state index in [9.17, 15) is 9.59 Å². The second-order valence-electron chi connectivity index (χ2n) is 7.15. The smallest absolute Gasteiger partial charge is 0.251 e. The van der Waals surface area contributed by atoms with Crippen molar-refractivity contribution in [3.63, 3.8) is 0 Å². The van der Waals surface area contributed by atoms with Crippen LogP contribution in [-0.2, 0) is 4.79 Å². The highest BCUT2D eigenvalue weighted by atomic mass is 16.2. The minimum Gasteiger partial charge on any atom is -0.349 e. The predicted molar refractivity (Wildman–Crippen MR) is 102 cm³/mol. The monoisotopic (exact) mass is 370 g/mol. The Morgan fingerprint density at radius 2 is 2.00 bits per heavy atom. The second kappa shape index (κ2) is 8.30. The molecule has 0 atom stereocenters. The third-order valence-electron chi connectivity index (χ3n) is 4.91. The molecular weight excluding hydrogens is 344 g/mol. The average molecular weight is 370 g/mol. The van der Waals surface area contributed by atoms with Crippen LogP contribution in [0.4, 0.5) is 0 Å². The van der Waals surface area contributed by atoms with Gasteiger partial charge in [0.1, 0.15) is 12.7 Å². The maximum atomic E-state index is 12.6. The van der Waals surface area contributed by atoms with E-state index in [1.165, 1.54) is 6.33 Å². The Hall–Kier alpha value is -2.74. The molecule has 1 saturated heterocycles. The van der Waals surface area contributed by atoms with Crippen LogP contribution in [0.5, 0.6) is 0 Å². The van der Waals surface area contributed by atoms with E-state index in [0.29, 0.717) is 12.1 Å². The van der Waals surface area contributed by atoms with Crippen molar-refractivity contribution in [2.24, 2.45) is 0 Å². The highest BCUT2D eigenvalue weighted by Crippen LogP contribution is 2.16. The molecule has 2 aromatic rings. The van der Waals surface area contributed by atoms with Gasteiger partial charge in [0.05, 0.1) is 12.2 Å². The Kier molecular flexibility index (Phi) is 5.85. The molecule has 1 aromatic carbocycles. The topological polar surface area (TPSA) is 83.4 Å². The molecule has 3 rings (SSSR count). The first-order chi connectivity index (χ1) is 12.9. The van der Waals surface area contributed by atoms with Gasteiger partial charge in [-0.1, -0.05) is 0 Å². The summed E-state index contributed by atoms with van der Waals surface area (Å²) in [4.78, 5) is 32.1. The van der Waals surface area contributed by atoms with E-state index in [1.54, 1.807) is 30.0 Å². The number of benzene rings is 1. The number of carbonyl (C=O) groups excluding carboxylic acids is 2. The lowest BCUT2D eigenvalue weighted by Gasteiger charge is -2.32. The van der Waals surface area contributed by atoms with E-state index in [4.69, 9.17) is 0 Å². The minimum atomic E-state index is -0.0638. The summed E-state index contributed by atoms with van der Waals surface area (Å²) in [6, 6.07) is 5.70. The lowest BCUT2D eigenvalue weighted by Crippen LogP contribution is -2.47. The van der Waals surface area contributed by atoms with Crippen molar-refractivity contribution in [3.8, 4) is 5.69 Å². The van der Waals surface area contributed by atoms with Crippen LogP contribution < -0.4 is 5.32 Å². The number of aromatic nitrogens is 3. The van der Waals surface area contributed by atoms with Gasteiger partial charge in [-0.25, -0.2) is 9.67 Å². The highest BCUT2D eigenvalue weighted by Gasteiger charge is 2.23. The number of aryl methyl sites for hydroxylation is 1. The molecule has 8 nitrogen and oxygen atoms in total. The van der Waals surface area contributed by atoms with Crippen LogP contribution in [0.2, 0.25) is 0 Å². The van der Waals surface area contributed by atoms with Gasteiger partial charge in [-0.2, -0.15) is 5.10 Å². The summed E-state index contributed by atoms with van der Waals surface area (Å²) in [6.45, 7) is 4.02. The minimum absolute atomic E-state index is 0.0638. The molecule has 0 aliphatic carbocycles. The molecule has 1 fully saturated rings. The Morgan fingerprint density at radius 1 is 1.26 bits per heavy atom. The lowest BCUT2D eigenvalue weighted by molar-refractivity contribution is -0.130. The Balaban J connectivity index is 1.54. The summed E-state index contributed by atoms with van der Waals surface area (Å²) in [6.07, 6.45) is 4.82. The maximum absolute atomic E-state index is 12.6. The van der Waals surface area contributed by atoms with Gasteiger partial charge in [0, 0.05) is 38.8 Å². The molecule has 2 heterocycles. The van der Waals surface area contributed by atoms with Crippen LogP contribution in [0.25, 0.3) is 5.69 Å². The van der Waals surface area contributed by atoms with Crippen LogP contribution >= 0.6 is 0 Å². The molecule has 1 aliphatic heterocycles. The fourth-order valence-corrected chi connectivity index (χ4v) is 3.22. The highest BCUT2D eigenvalue weighted by molar-refractivity contribution is 5.94. The third kappa shape index (κ3) is 4.71. The van der Waals surface area contributed by atoms with Gasteiger partial charge in [-0.05, 0) is 43.5 Å². The van der Waals surface area contributed by atoms with Crippen molar-refractivity contribution in [1.29, 1.82) is 0 Å². The molecule has 2 amide bonds. The normalized spacial score (nSPS) is 15.5. The van der Waals surface area contributed by atoms with E-state index < -0.39 is 0 Å². The van der Waals surface area contributed by atoms with Crippen molar-refractivity contribution in [3.05, 3.63) is 42.0 Å². The molecule has 0 unspecified atom stereocenters. The average Bonchev–Trinajstić information content (AvgIpc) is 3.17. The van der Waals surface area contributed by atoms with Crippen LogP contribution in [-0.4, -0.2) is 76.2 Å². The van der Waals surface area contributed by atoms with Crippen LogP contribution in [0.3, 0.4) is 0 Å². The maximum Gasteiger partial charge on any atom is 0.251 e. The number of hydrogen-bond acceptors (Lipinski definition) is 5. The van der Waals surface area contributed by atoms with Gasteiger partial charge < -0.3 is 10.2 Å². The number of likely N-dealkylation sites (tertiary alicyclic amines) is 1. The van der Waals surface area contributed by atoms with E-state index in [-0.39, 0.29) is 17.9 Å². The Bertz CT molecular complexity index is 795. The van der Waals surface area contributed by atoms with Crippen molar-refractivity contribution in [2.75, 3.05) is 33.7 Å². The first kappa shape index (κ1) is 19.0. The largest absolute Gasteiger partial charge is 0.349 e. The zero-order valence-electron chi connectivity index (χ0n) is 16.1. The van der Waals surface area contributed by atoms with Crippen LogP contribution in [0.15, 0.2) is 30.9 Å². The molecule has 27 heavy (non-hydrogen) atoms. The molecule has 1 aliphatic rings. The fourth-order valence-electron chi connectivity index (χ4n) is 3.22. The van der Waals surface area contributed by atoms with E-state index in [1.807, 2.05) is 25.1 Å². The number of nitrogens with one attached hydrogen (secondary N) is 1. The third-order valence-corrected chi connectivity index (χ3v) is 4.91. The summed E-state index contributed by atoms with van der Waals surface area (Å²) in [5, 5.41) is 7.24. The van der Waals surface area contributed by atoms with Crippen molar-refractivity contribution >= 4 is 11.8 Å². The zero-order valence-corrected chi connectivity index (χ0v) is 16.1. The number of piperidine rings is 1. The van der Waals surface area contributed by atoms with E-state index >= 15 is 0 Å². The molecule has 0 bridgehead atoms. The number of amides is 2. The zero-order chi connectivity index (χ0) is 19.4. The van der Waals surface area contributed by atoms with E-state index in [0.717, 1.165) is 37.2 Å². The first-order valence-electron chi connectivity index (χ1n) is 9.13. The molecule has 0 saturated carbocycles. The molecule has 1 aromatic heterocycles. The molecule has 0 spiro atoms. The number of rotatable bonds is 5. The Labute approximate surface area is 159 Å². The van der Waals surface area contributed by atoms with Crippen molar-refractivity contribution in [2.45, 2.75) is 25.8 Å². The summed E-state index contributed by atoms with van der Waals surface area (Å²) in [7, 11) is 3.54. The second-order valence-corrected chi connectivity index (χ2v) is 7.15. The van der Waals surface area contributed by atoms with Crippen molar-refractivity contribution in [1.82, 2.24) is 29.9 Å². The van der Waals surface area contributed by atoms with Gasteiger partial charge in [-0.15, -0.1) is 0 Å². The molecular formula is C19H26N6O2.